The average molecular weight is 307 g/mol. The van der Waals surface area contributed by atoms with Crippen molar-refractivity contribution in [1.82, 2.24) is 19.3 Å². The van der Waals surface area contributed by atoms with E-state index in [1.54, 1.807) is 0 Å². The number of hydrogen-bond donors (Lipinski definition) is 1. The second kappa shape index (κ2) is 4.75. The molecule has 0 aliphatic rings. The standard InChI is InChI=1S/C14H15ClN4S/c1-4-18-13-12(9(3)17-18)16-14(20)19(13)11-7-8(2)5-6-10(11)15/h5-7H,4H2,1-3H3,(H,16,20). The molecule has 104 valence electrons. The van der Waals surface area contributed by atoms with Gasteiger partial charge in [-0.15, -0.1) is 0 Å². The molecule has 0 unspecified atom stereocenters. The van der Waals surface area contributed by atoms with Gasteiger partial charge in [-0.05, 0) is 50.7 Å². The van der Waals surface area contributed by atoms with E-state index in [9.17, 15) is 0 Å². The van der Waals surface area contributed by atoms with Gasteiger partial charge >= 0.3 is 0 Å². The number of H-pyrrole nitrogens is 1. The first-order valence-electron chi connectivity index (χ1n) is 6.47. The molecular weight excluding hydrogens is 292 g/mol. The molecule has 0 radical (unpaired) electrons. The van der Waals surface area contributed by atoms with Crippen LogP contribution in [-0.4, -0.2) is 19.3 Å². The van der Waals surface area contributed by atoms with Crippen LogP contribution >= 0.6 is 23.8 Å². The van der Waals surface area contributed by atoms with E-state index in [0.29, 0.717) is 9.79 Å². The Morgan fingerprint density at radius 3 is 2.80 bits per heavy atom. The highest BCUT2D eigenvalue weighted by atomic mass is 35.5. The van der Waals surface area contributed by atoms with E-state index in [1.807, 2.05) is 41.3 Å². The Morgan fingerprint density at radius 1 is 1.35 bits per heavy atom. The summed E-state index contributed by atoms with van der Waals surface area (Å²) < 4.78 is 4.54. The van der Waals surface area contributed by atoms with Gasteiger partial charge in [-0.1, -0.05) is 17.7 Å². The first-order chi connectivity index (χ1) is 9.52. The van der Waals surface area contributed by atoms with Crippen LogP contribution in [0.5, 0.6) is 0 Å². The summed E-state index contributed by atoms with van der Waals surface area (Å²) in [7, 11) is 0. The van der Waals surface area contributed by atoms with Crippen LogP contribution in [0.1, 0.15) is 18.2 Å². The van der Waals surface area contributed by atoms with Gasteiger partial charge in [0.25, 0.3) is 0 Å². The number of rotatable bonds is 2. The van der Waals surface area contributed by atoms with Crippen molar-refractivity contribution >= 4 is 35.0 Å². The van der Waals surface area contributed by atoms with Crippen molar-refractivity contribution in [3.63, 3.8) is 0 Å². The van der Waals surface area contributed by atoms with E-state index in [-0.39, 0.29) is 0 Å². The first-order valence-corrected chi connectivity index (χ1v) is 7.26. The average Bonchev–Trinajstić information content (AvgIpc) is 2.90. The molecule has 0 saturated heterocycles. The second-order valence-corrected chi connectivity index (χ2v) is 5.61. The van der Waals surface area contributed by atoms with E-state index >= 15 is 0 Å². The number of nitrogens with zero attached hydrogens (tertiary/aromatic N) is 3. The third-order valence-electron chi connectivity index (χ3n) is 3.39. The predicted molar refractivity (Wildman–Crippen MR) is 84.4 cm³/mol. The zero-order valence-electron chi connectivity index (χ0n) is 11.6. The normalized spacial score (nSPS) is 11.4. The van der Waals surface area contributed by atoms with Crippen LogP contribution in [-0.2, 0) is 6.54 Å². The number of hydrogen-bond acceptors (Lipinski definition) is 2. The lowest BCUT2D eigenvalue weighted by molar-refractivity contribution is 0.662. The first kappa shape index (κ1) is 13.4. The molecule has 0 bridgehead atoms. The second-order valence-electron chi connectivity index (χ2n) is 4.82. The van der Waals surface area contributed by atoms with Crippen molar-refractivity contribution in [1.29, 1.82) is 0 Å². The number of fused-ring (bicyclic) bond motifs is 1. The number of halogens is 1. The molecule has 2 heterocycles. The molecule has 20 heavy (non-hydrogen) atoms. The van der Waals surface area contributed by atoms with Gasteiger partial charge in [0.05, 0.1) is 16.4 Å². The number of aryl methyl sites for hydroxylation is 3. The number of imidazole rings is 1. The number of benzene rings is 1. The summed E-state index contributed by atoms with van der Waals surface area (Å²) >= 11 is 11.8. The third-order valence-corrected chi connectivity index (χ3v) is 3.99. The molecule has 1 N–H and O–H groups in total. The lowest BCUT2D eigenvalue weighted by atomic mass is 10.2. The minimum atomic E-state index is 0.634. The fourth-order valence-corrected chi connectivity index (χ4v) is 2.93. The molecule has 1 aromatic carbocycles. The Hall–Kier alpha value is -1.59. The third kappa shape index (κ3) is 1.89. The summed E-state index contributed by atoms with van der Waals surface area (Å²) in [6.45, 7) is 6.85. The van der Waals surface area contributed by atoms with E-state index in [4.69, 9.17) is 23.8 Å². The SMILES string of the molecule is CCn1nc(C)c2[nH]c(=S)n(-c3cc(C)ccc3Cl)c21. The lowest BCUT2D eigenvalue weighted by Gasteiger charge is -2.09. The highest BCUT2D eigenvalue weighted by Crippen LogP contribution is 2.27. The Bertz CT molecular complexity index is 856. The van der Waals surface area contributed by atoms with Crippen molar-refractivity contribution < 1.29 is 0 Å². The summed E-state index contributed by atoms with van der Waals surface area (Å²) in [4.78, 5) is 3.23. The van der Waals surface area contributed by atoms with Crippen LogP contribution in [0.15, 0.2) is 18.2 Å². The van der Waals surface area contributed by atoms with Gasteiger partial charge in [-0.25, -0.2) is 4.68 Å². The molecule has 3 rings (SSSR count). The van der Waals surface area contributed by atoms with E-state index in [2.05, 4.69) is 17.0 Å². The smallest absolute Gasteiger partial charge is 0.184 e. The van der Waals surface area contributed by atoms with Crippen molar-refractivity contribution in [2.24, 2.45) is 0 Å². The van der Waals surface area contributed by atoms with E-state index < -0.39 is 0 Å². The van der Waals surface area contributed by atoms with Crippen LogP contribution in [0.25, 0.3) is 16.9 Å². The number of aromatic nitrogens is 4. The van der Waals surface area contributed by atoms with E-state index in [1.165, 1.54) is 0 Å². The summed E-state index contributed by atoms with van der Waals surface area (Å²) in [6.07, 6.45) is 0. The van der Waals surface area contributed by atoms with Crippen molar-refractivity contribution in [2.45, 2.75) is 27.3 Å². The van der Waals surface area contributed by atoms with Gasteiger partial charge in [0, 0.05) is 6.54 Å². The number of aromatic amines is 1. The zero-order chi connectivity index (χ0) is 14.4. The summed E-state index contributed by atoms with van der Waals surface area (Å²) in [5, 5.41) is 5.20. The van der Waals surface area contributed by atoms with Crippen molar-refractivity contribution in [3.05, 3.63) is 39.3 Å². The van der Waals surface area contributed by atoms with Crippen molar-refractivity contribution in [2.75, 3.05) is 0 Å². The zero-order valence-corrected chi connectivity index (χ0v) is 13.1. The maximum absolute atomic E-state index is 6.35. The molecule has 0 aliphatic carbocycles. The molecule has 2 aromatic heterocycles. The molecule has 0 fully saturated rings. The summed E-state index contributed by atoms with van der Waals surface area (Å²) in [6, 6.07) is 5.92. The van der Waals surface area contributed by atoms with Crippen LogP contribution in [0.2, 0.25) is 5.02 Å². The fourth-order valence-electron chi connectivity index (χ4n) is 2.44. The van der Waals surface area contributed by atoms with Gasteiger partial charge < -0.3 is 4.98 Å². The minimum Gasteiger partial charge on any atom is -0.327 e. The monoisotopic (exact) mass is 306 g/mol. The van der Waals surface area contributed by atoms with Crippen LogP contribution in [0, 0.1) is 18.6 Å². The Morgan fingerprint density at radius 2 is 2.10 bits per heavy atom. The summed E-state index contributed by atoms with van der Waals surface area (Å²) in [5.41, 5.74) is 4.89. The van der Waals surface area contributed by atoms with Gasteiger partial charge in [-0.3, -0.25) is 4.57 Å². The molecule has 4 nitrogen and oxygen atoms in total. The number of nitrogens with one attached hydrogen (secondary N) is 1. The maximum Gasteiger partial charge on any atom is 0.184 e. The van der Waals surface area contributed by atoms with E-state index in [0.717, 1.165) is 34.7 Å². The quantitative estimate of drug-likeness (QED) is 0.721. The predicted octanol–water partition coefficient (Wildman–Crippen LogP) is 4.17. The topological polar surface area (TPSA) is 38.5 Å². The van der Waals surface area contributed by atoms with Gasteiger partial charge in [0.2, 0.25) is 0 Å². The molecule has 0 saturated carbocycles. The van der Waals surface area contributed by atoms with Gasteiger partial charge in [-0.2, -0.15) is 5.10 Å². The lowest BCUT2D eigenvalue weighted by Crippen LogP contribution is -2.04. The largest absolute Gasteiger partial charge is 0.327 e. The van der Waals surface area contributed by atoms with Gasteiger partial charge in [0.15, 0.2) is 10.4 Å². The molecule has 0 aliphatic heterocycles. The molecule has 6 heteroatoms. The van der Waals surface area contributed by atoms with Crippen molar-refractivity contribution in [3.8, 4) is 5.69 Å². The molecule has 0 atom stereocenters. The molecule has 3 aromatic rings. The van der Waals surface area contributed by atoms with Crippen LogP contribution < -0.4 is 0 Å². The molecular formula is C14H15ClN4S. The van der Waals surface area contributed by atoms with Gasteiger partial charge in [0.1, 0.15) is 5.52 Å². The maximum atomic E-state index is 6.35. The molecule has 0 amide bonds. The summed E-state index contributed by atoms with van der Waals surface area (Å²) in [5.74, 6) is 0. The Kier molecular flexibility index (Phi) is 3.18. The minimum absolute atomic E-state index is 0.634. The fraction of sp³-hybridized carbons (Fsp3) is 0.286. The highest BCUT2D eigenvalue weighted by Gasteiger charge is 2.16. The highest BCUT2D eigenvalue weighted by molar-refractivity contribution is 7.71. The van der Waals surface area contributed by atoms with Crippen LogP contribution in [0.3, 0.4) is 0 Å². The molecule has 0 spiro atoms. The van der Waals surface area contributed by atoms with Crippen LogP contribution in [0.4, 0.5) is 0 Å². The Labute approximate surface area is 127 Å². The Balaban J connectivity index is 2.44.